The second-order valence-corrected chi connectivity index (χ2v) is 6.27. The zero-order chi connectivity index (χ0) is 14.5. The number of sulfonamides is 1. The number of nitrogens with one attached hydrogen (secondary N) is 3. The Morgan fingerprint density at radius 1 is 1.32 bits per heavy atom. The van der Waals surface area contributed by atoms with Crippen LogP contribution in [0.15, 0.2) is 41.3 Å². The molecule has 104 valence electrons. The van der Waals surface area contributed by atoms with E-state index in [0.29, 0.717) is 6.54 Å². The highest BCUT2D eigenvalue weighted by Gasteiger charge is 2.13. The molecule has 5 nitrogen and oxygen atoms in total. The van der Waals surface area contributed by atoms with Gasteiger partial charge < -0.3 is 5.32 Å². The average molecular weight is 299 g/mol. The first kappa shape index (κ1) is 15.6. The second kappa shape index (κ2) is 6.65. The summed E-state index contributed by atoms with van der Waals surface area (Å²) in [6.07, 6.45) is 0. The molecule has 0 heterocycles. The van der Waals surface area contributed by atoms with E-state index in [1.165, 1.54) is 12.1 Å². The lowest BCUT2D eigenvalue weighted by Gasteiger charge is -2.12. The van der Waals surface area contributed by atoms with Gasteiger partial charge in [0.2, 0.25) is 0 Å². The highest BCUT2D eigenvalue weighted by atomic mass is 32.2. The second-order valence-electron chi connectivity index (χ2n) is 4.18. The molecule has 0 bridgehead atoms. The molecule has 1 rings (SSSR count). The van der Waals surface area contributed by atoms with Crippen molar-refractivity contribution in [2.24, 2.45) is 0 Å². The third-order valence-electron chi connectivity index (χ3n) is 2.18. The minimum Gasteiger partial charge on any atom is -0.358 e. The zero-order valence-electron chi connectivity index (χ0n) is 10.9. The average Bonchev–Trinajstić information content (AvgIpc) is 2.34. The number of benzene rings is 1. The number of aryl methyl sites for hydroxylation is 1. The normalized spacial score (nSPS) is 10.8. The van der Waals surface area contributed by atoms with Gasteiger partial charge in [0.05, 0.1) is 4.90 Å². The SMILES string of the molecule is C=C(C)CNC(=S)NNS(=O)(=O)c1ccc(C)cc1. The van der Waals surface area contributed by atoms with Gasteiger partial charge in [-0.2, -0.15) is 0 Å². The van der Waals surface area contributed by atoms with Crippen LogP contribution < -0.4 is 15.6 Å². The molecule has 1 aromatic carbocycles. The van der Waals surface area contributed by atoms with E-state index in [-0.39, 0.29) is 10.0 Å². The Morgan fingerprint density at radius 3 is 2.42 bits per heavy atom. The Bertz CT molecular complexity index is 565. The summed E-state index contributed by atoms with van der Waals surface area (Å²) in [4.78, 5) is 2.38. The van der Waals surface area contributed by atoms with E-state index in [9.17, 15) is 8.42 Å². The predicted molar refractivity (Wildman–Crippen MR) is 80.1 cm³/mol. The van der Waals surface area contributed by atoms with Gasteiger partial charge in [-0.25, -0.2) is 8.42 Å². The lowest BCUT2D eigenvalue weighted by molar-refractivity contribution is 0.576. The molecule has 1 aromatic rings. The van der Waals surface area contributed by atoms with Crippen molar-refractivity contribution in [2.45, 2.75) is 18.7 Å². The quantitative estimate of drug-likeness (QED) is 0.433. The van der Waals surface area contributed by atoms with Crippen molar-refractivity contribution in [1.29, 1.82) is 0 Å². The third-order valence-corrected chi connectivity index (χ3v) is 3.69. The van der Waals surface area contributed by atoms with Gasteiger partial charge in [0.15, 0.2) is 5.11 Å². The maximum absolute atomic E-state index is 11.9. The fraction of sp³-hybridized carbons (Fsp3) is 0.250. The van der Waals surface area contributed by atoms with Gasteiger partial charge in [-0.3, -0.25) is 5.43 Å². The molecule has 0 amide bonds. The predicted octanol–water partition coefficient (Wildman–Crippen LogP) is 1.23. The fourth-order valence-electron chi connectivity index (χ4n) is 1.17. The van der Waals surface area contributed by atoms with Crippen molar-refractivity contribution in [3.05, 3.63) is 42.0 Å². The van der Waals surface area contributed by atoms with Crippen LogP contribution in [0.5, 0.6) is 0 Å². The van der Waals surface area contributed by atoms with E-state index >= 15 is 0 Å². The van der Waals surface area contributed by atoms with Crippen LogP contribution in [-0.4, -0.2) is 20.1 Å². The van der Waals surface area contributed by atoms with Crippen LogP contribution >= 0.6 is 12.2 Å². The van der Waals surface area contributed by atoms with Crippen LogP contribution in [0, 0.1) is 6.92 Å². The maximum atomic E-state index is 11.9. The van der Waals surface area contributed by atoms with Crippen LogP contribution in [0.4, 0.5) is 0 Å². The Hall–Kier alpha value is -1.44. The van der Waals surface area contributed by atoms with Crippen molar-refractivity contribution in [3.8, 4) is 0 Å². The Balaban J connectivity index is 2.58. The van der Waals surface area contributed by atoms with Crippen LogP contribution in [0.3, 0.4) is 0 Å². The van der Waals surface area contributed by atoms with Crippen LogP contribution in [0.25, 0.3) is 0 Å². The molecular formula is C12H17N3O2S2. The van der Waals surface area contributed by atoms with Crippen molar-refractivity contribution in [3.63, 3.8) is 0 Å². The molecule has 0 radical (unpaired) electrons. The number of rotatable bonds is 5. The summed E-state index contributed by atoms with van der Waals surface area (Å²) in [5, 5.41) is 3.00. The summed E-state index contributed by atoms with van der Waals surface area (Å²) in [5.41, 5.74) is 4.32. The molecule has 7 heteroatoms. The van der Waals surface area contributed by atoms with Gasteiger partial charge >= 0.3 is 0 Å². The lowest BCUT2D eigenvalue weighted by Crippen LogP contribution is -2.46. The van der Waals surface area contributed by atoms with Gasteiger partial charge in [0.1, 0.15) is 0 Å². The summed E-state index contributed by atoms with van der Waals surface area (Å²) in [6.45, 7) is 7.91. The van der Waals surface area contributed by atoms with Crippen LogP contribution in [0.2, 0.25) is 0 Å². The number of hydrogen-bond donors (Lipinski definition) is 3. The zero-order valence-corrected chi connectivity index (χ0v) is 12.5. The molecule has 0 saturated carbocycles. The molecule has 0 aliphatic carbocycles. The van der Waals surface area contributed by atoms with Gasteiger partial charge in [-0.05, 0) is 38.2 Å². The first-order valence-corrected chi connectivity index (χ1v) is 7.47. The standard InChI is InChI=1S/C12H17N3O2S2/c1-9(2)8-13-12(18)14-15-19(16,17)11-6-4-10(3)5-7-11/h4-7,15H,1,8H2,2-3H3,(H2,13,14,18). The molecule has 0 unspecified atom stereocenters. The van der Waals surface area contributed by atoms with Crippen LogP contribution in [0.1, 0.15) is 12.5 Å². The smallest absolute Gasteiger partial charge is 0.257 e. The Morgan fingerprint density at radius 2 is 1.89 bits per heavy atom. The van der Waals surface area contributed by atoms with E-state index in [4.69, 9.17) is 12.2 Å². The molecule has 0 aliphatic rings. The van der Waals surface area contributed by atoms with Gasteiger partial charge in [0, 0.05) is 6.54 Å². The fourth-order valence-corrected chi connectivity index (χ4v) is 2.20. The topological polar surface area (TPSA) is 70.2 Å². The minimum absolute atomic E-state index is 0.174. The van der Waals surface area contributed by atoms with Crippen molar-refractivity contribution in [2.75, 3.05) is 6.54 Å². The summed E-state index contributed by atoms with van der Waals surface area (Å²) in [6, 6.07) is 6.52. The van der Waals surface area contributed by atoms with E-state index in [1.807, 2.05) is 13.8 Å². The van der Waals surface area contributed by atoms with Crippen molar-refractivity contribution >= 4 is 27.4 Å². The minimum atomic E-state index is -3.62. The molecule has 0 saturated heterocycles. The summed E-state index contributed by atoms with van der Waals surface area (Å²) < 4.78 is 23.8. The van der Waals surface area contributed by atoms with Crippen LogP contribution in [-0.2, 0) is 10.0 Å². The molecule has 3 N–H and O–H groups in total. The van der Waals surface area contributed by atoms with Crippen molar-refractivity contribution in [1.82, 2.24) is 15.6 Å². The molecule has 0 aromatic heterocycles. The molecule has 0 aliphatic heterocycles. The van der Waals surface area contributed by atoms with Gasteiger partial charge in [-0.1, -0.05) is 29.8 Å². The monoisotopic (exact) mass is 299 g/mol. The Kier molecular flexibility index (Phi) is 5.46. The molecular weight excluding hydrogens is 282 g/mol. The van der Waals surface area contributed by atoms with Gasteiger partial charge in [-0.15, -0.1) is 4.83 Å². The van der Waals surface area contributed by atoms with E-state index in [2.05, 4.69) is 22.2 Å². The largest absolute Gasteiger partial charge is 0.358 e. The molecule has 0 atom stereocenters. The highest BCUT2D eigenvalue weighted by Crippen LogP contribution is 2.08. The molecule has 0 fully saturated rings. The van der Waals surface area contributed by atoms with E-state index in [1.54, 1.807) is 12.1 Å². The maximum Gasteiger partial charge on any atom is 0.257 e. The number of thiocarbonyl (C=S) groups is 1. The number of hydrazine groups is 1. The summed E-state index contributed by atoms with van der Waals surface area (Å²) in [5.74, 6) is 0. The molecule has 19 heavy (non-hydrogen) atoms. The molecule has 0 spiro atoms. The summed E-state index contributed by atoms with van der Waals surface area (Å²) in [7, 11) is -3.62. The van der Waals surface area contributed by atoms with Gasteiger partial charge in [0.25, 0.3) is 10.0 Å². The number of hydrogen-bond acceptors (Lipinski definition) is 3. The first-order valence-electron chi connectivity index (χ1n) is 5.58. The van der Waals surface area contributed by atoms with E-state index < -0.39 is 10.0 Å². The van der Waals surface area contributed by atoms with Crippen molar-refractivity contribution < 1.29 is 8.42 Å². The van der Waals surface area contributed by atoms with E-state index in [0.717, 1.165) is 11.1 Å². The first-order chi connectivity index (χ1) is 8.81. The lowest BCUT2D eigenvalue weighted by atomic mass is 10.2. The summed E-state index contributed by atoms with van der Waals surface area (Å²) >= 11 is 4.92. The third kappa shape index (κ3) is 5.37. The highest BCUT2D eigenvalue weighted by molar-refractivity contribution is 7.89. The Labute approximate surface area is 119 Å².